The van der Waals surface area contributed by atoms with Crippen LogP contribution >= 0.6 is 0 Å². The van der Waals surface area contributed by atoms with Crippen molar-refractivity contribution < 1.29 is 14.9 Å². The van der Waals surface area contributed by atoms with Crippen molar-refractivity contribution in [1.82, 2.24) is 4.98 Å². The summed E-state index contributed by atoms with van der Waals surface area (Å²) in [6.07, 6.45) is 1.69. The number of methoxy groups -OCH3 is 1. The number of nitrogens with zero attached hydrogens (tertiary/aromatic N) is 2. The molecule has 0 fully saturated rings. The number of hydrogen-bond donors (Lipinski definition) is 3. The number of benzene rings is 1. The maximum Gasteiger partial charge on any atom is 0.239 e. The van der Waals surface area contributed by atoms with Gasteiger partial charge in [0.1, 0.15) is 5.69 Å². The van der Waals surface area contributed by atoms with Gasteiger partial charge in [-0.2, -0.15) is 0 Å². The van der Waals surface area contributed by atoms with Gasteiger partial charge in [0.15, 0.2) is 11.5 Å². The first-order valence-electron chi connectivity index (χ1n) is 6.48. The fourth-order valence-corrected chi connectivity index (χ4v) is 2.00. The fraction of sp³-hybridized carbons (Fsp3) is 0.267. The second-order valence-corrected chi connectivity index (χ2v) is 4.79. The van der Waals surface area contributed by atoms with Crippen molar-refractivity contribution in [2.75, 3.05) is 31.4 Å². The number of nitrogens with one attached hydrogen (secondary N) is 1. The lowest BCUT2D eigenvalue weighted by molar-refractivity contribution is 0.399. The number of phenolic OH excluding ortho intramolecular Hbond substituents is 2. The first-order valence-corrected chi connectivity index (χ1v) is 6.48. The Hall–Kier alpha value is -2.63. The van der Waals surface area contributed by atoms with Crippen LogP contribution in [0.2, 0.25) is 0 Å². The predicted octanol–water partition coefficient (Wildman–Crippen LogP) is 2.18. The first-order chi connectivity index (χ1) is 10.0. The molecular formula is C15H19N3O3. The highest BCUT2D eigenvalue weighted by Crippen LogP contribution is 2.33. The summed E-state index contributed by atoms with van der Waals surface area (Å²) in [5.74, 6) is 0.233. The number of aromatic nitrogens is 1. The molecule has 0 saturated heterocycles. The summed E-state index contributed by atoms with van der Waals surface area (Å²) in [5.41, 5.74) is 2.56. The Morgan fingerprint density at radius 2 is 1.95 bits per heavy atom. The fourth-order valence-electron chi connectivity index (χ4n) is 2.00. The van der Waals surface area contributed by atoms with E-state index >= 15 is 0 Å². The van der Waals surface area contributed by atoms with Gasteiger partial charge < -0.3 is 25.2 Å². The van der Waals surface area contributed by atoms with Crippen LogP contribution < -0.4 is 15.0 Å². The van der Waals surface area contributed by atoms with E-state index in [1.54, 1.807) is 19.4 Å². The quantitative estimate of drug-likeness (QED) is 0.732. The molecule has 1 aromatic carbocycles. The Morgan fingerprint density at radius 3 is 2.57 bits per heavy atom. The molecule has 0 aliphatic carbocycles. The van der Waals surface area contributed by atoms with Crippen molar-refractivity contribution in [2.24, 2.45) is 0 Å². The summed E-state index contributed by atoms with van der Waals surface area (Å²) in [7, 11) is 5.44. The van der Waals surface area contributed by atoms with E-state index in [-0.39, 0.29) is 11.5 Å². The molecule has 2 rings (SSSR count). The van der Waals surface area contributed by atoms with Gasteiger partial charge in [-0.05, 0) is 23.8 Å². The zero-order valence-corrected chi connectivity index (χ0v) is 12.3. The highest BCUT2D eigenvalue weighted by Gasteiger charge is 2.12. The van der Waals surface area contributed by atoms with Crippen LogP contribution in [0.3, 0.4) is 0 Å². The molecule has 0 aliphatic rings. The van der Waals surface area contributed by atoms with Gasteiger partial charge >= 0.3 is 0 Å². The average molecular weight is 289 g/mol. The van der Waals surface area contributed by atoms with Crippen LogP contribution in [0.1, 0.15) is 5.56 Å². The highest BCUT2D eigenvalue weighted by atomic mass is 16.5. The van der Waals surface area contributed by atoms with Gasteiger partial charge in [-0.25, -0.2) is 4.98 Å². The summed E-state index contributed by atoms with van der Waals surface area (Å²) in [4.78, 5) is 6.14. The number of rotatable bonds is 5. The van der Waals surface area contributed by atoms with E-state index in [0.717, 1.165) is 16.9 Å². The highest BCUT2D eigenvalue weighted by molar-refractivity contribution is 5.74. The predicted molar refractivity (Wildman–Crippen MR) is 82.2 cm³/mol. The van der Waals surface area contributed by atoms with Gasteiger partial charge in [-0.1, -0.05) is 6.07 Å². The summed E-state index contributed by atoms with van der Waals surface area (Å²) in [6.45, 7) is 0.469. The van der Waals surface area contributed by atoms with Crippen molar-refractivity contribution in [3.05, 3.63) is 36.0 Å². The zero-order valence-electron chi connectivity index (χ0n) is 12.3. The van der Waals surface area contributed by atoms with E-state index in [4.69, 9.17) is 4.74 Å². The second-order valence-electron chi connectivity index (χ2n) is 4.79. The normalized spacial score (nSPS) is 10.2. The van der Waals surface area contributed by atoms with E-state index in [1.165, 1.54) is 12.1 Å². The van der Waals surface area contributed by atoms with E-state index in [1.807, 2.05) is 25.1 Å². The van der Waals surface area contributed by atoms with Gasteiger partial charge in [0.25, 0.3) is 0 Å². The molecule has 0 atom stereocenters. The second kappa shape index (κ2) is 6.21. The molecule has 1 aromatic heterocycles. The number of pyridine rings is 1. The monoisotopic (exact) mass is 289 g/mol. The van der Waals surface area contributed by atoms with Crippen LogP contribution in [-0.2, 0) is 6.54 Å². The van der Waals surface area contributed by atoms with E-state index in [2.05, 4.69) is 10.3 Å². The first kappa shape index (κ1) is 14.8. The Labute approximate surface area is 123 Å². The van der Waals surface area contributed by atoms with E-state index in [9.17, 15) is 10.2 Å². The average Bonchev–Trinajstić information content (AvgIpc) is 2.48. The summed E-state index contributed by atoms with van der Waals surface area (Å²) in [5, 5.41) is 22.1. The van der Waals surface area contributed by atoms with Crippen molar-refractivity contribution in [2.45, 2.75) is 6.54 Å². The number of ether oxygens (including phenoxy) is 1. The molecular weight excluding hydrogens is 270 g/mol. The smallest absolute Gasteiger partial charge is 0.239 e. The molecule has 2 aromatic rings. The van der Waals surface area contributed by atoms with Crippen molar-refractivity contribution >= 4 is 11.4 Å². The van der Waals surface area contributed by atoms with Crippen LogP contribution in [0.15, 0.2) is 30.5 Å². The van der Waals surface area contributed by atoms with Gasteiger partial charge in [0.05, 0.1) is 12.8 Å². The summed E-state index contributed by atoms with van der Waals surface area (Å²) < 4.78 is 5.28. The molecule has 0 amide bonds. The lowest BCUT2D eigenvalue weighted by Crippen LogP contribution is -2.13. The number of hydrogen-bond acceptors (Lipinski definition) is 6. The Bertz CT molecular complexity index is 630. The third-order valence-corrected chi connectivity index (χ3v) is 3.08. The molecule has 6 nitrogen and oxygen atoms in total. The number of phenols is 2. The number of anilines is 2. The maximum absolute atomic E-state index is 9.52. The third kappa shape index (κ3) is 3.28. The van der Waals surface area contributed by atoms with Gasteiger partial charge in [-0.15, -0.1) is 0 Å². The third-order valence-electron chi connectivity index (χ3n) is 3.08. The molecule has 112 valence electrons. The molecule has 0 spiro atoms. The lowest BCUT2D eigenvalue weighted by atomic mass is 10.2. The largest absolute Gasteiger partial charge is 0.504 e. The van der Waals surface area contributed by atoms with Crippen LogP contribution in [0, 0.1) is 0 Å². The molecule has 0 aliphatic heterocycles. The molecule has 3 N–H and O–H groups in total. The molecule has 0 saturated carbocycles. The van der Waals surface area contributed by atoms with Crippen LogP contribution in [0.25, 0.3) is 0 Å². The Morgan fingerprint density at radius 1 is 1.19 bits per heavy atom. The number of aromatic hydroxyl groups is 2. The SMILES string of the molecule is COc1nccc(N(C)C)c1NCc1ccc(O)c(O)c1. The molecule has 0 radical (unpaired) electrons. The van der Waals surface area contributed by atoms with Gasteiger partial charge in [-0.3, -0.25) is 0 Å². The minimum atomic E-state index is -0.139. The van der Waals surface area contributed by atoms with Crippen LogP contribution in [-0.4, -0.2) is 36.4 Å². The minimum Gasteiger partial charge on any atom is -0.504 e. The van der Waals surface area contributed by atoms with E-state index in [0.29, 0.717) is 12.4 Å². The Balaban J connectivity index is 2.24. The summed E-state index contributed by atoms with van der Waals surface area (Å²) in [6, 6.07) is 6.60. The van der Waals surface area contributed by atoms with Crippen molar-refractivity contribution in [3.63, 3.8) is 0 Å². The van der Waals surface area contributed by atoms with Crippen LogP contribution in [0.5, 0.6) is 17.4 Å². The van der Waals surface area contributed by atoms with Gasteiger partial charge in [0, 0.05) is 26.8 Å². The summed E-state index contributed by atoms with van der Waals surface area (Å²) >= 11 is 0. The molecule has 21 heavy (non-hydrogen) atoms. The maximum atomic E-state index is 9.52. The molecule has 6 heteroatoms. The Kier molecular flexibility index (Phi) is 4.37. The van der Waals surface area contributed by atoms with E-state index < -0.39 is 0 Å². The van der Waals surface area contributed by atoms with Crippen molar-refractivity contribution in [1.29, 1.82) is 0 Å². The topological polar surface area (TPSA) is 77.9 Å². The molecule has 0 unspecified atom stereocenters. The molecule has 0 bridgehead atoms. The van der Waals surface area contributed by atoms with Crippen LogP contribution in [0.4, 0.5) is 11.4 Å². The minimum absolute atomic E-state index is 0.133. The van der Waals surface area contributed by atoms with Crippen molar-refractivity contribution in [3.8, 4) is 17.4 Å². The zero-order chi connectivity index (χ0) is 15.4. The van der Waals surface area contributed by atoms with Gasteiger partial charge in [0.2, 0.25) is 5.88 Å². The standard InChI is InChI=1S/C15H19N3O3/c1-18(2)11-6-7-16-15(21-3)14(11)17-9-10-4-5-12(19)13(20)8-10/h4-8,17,19-20H,9H2,1-3H3. The lowest BCUT2D eigenvalue weighted by Gasteiger charge is -2.20. The molecule has 1 heterocycles.